The lowest BCUT2D eigenvalue weighted by molar-refractivity contribution is -0.139. The largest absolute Gasteiger partial charge is 0.497 e. The van der Waals surface area contributed by atoms with Crippen molar-refractivity contribution in [2.45, 2.75) is 25.5 Å². The number of carbonyl (C=O) groups excluding carboxylic acids is 1. The summed E-state index contributed by atoms with van der Waals surface area (Å²) < 4.78 is 6.72. The fourth-order valence-electron chi connectivity index (χ4n) is 4.92. The zero-order chi connectivity index (χ0) is 26.9. The summed E-state index contributed by atoms with van der Waals surface area (Å²) in [4.78, 5) is 28.2. The standard InChI is InChI=1S/C30H29N3O5/c1-20(7-5-6-16-34)30(37)26-17-24(38-2)14-15-27(26)32(29(30)36)19-21-10-12-23(13-11-21)33-28(35)25-9-4-3-8-22(25)18-31-33/h3-5,7-15,17-18,20,34,37H,6,16,19H2,1-2H3/b7-5+/t20-,30+/m0/s1. The number of aliphatic hydroxyl groups is 2. The zero-order valence-corrected chi connectivity index (χ0v) is 21.2. The normalized spacial score (nSPS) is 17.8. The summed E-state index contributed by atoms with van der Waals surface area (Å²) in [6, 6.07) is 19.8. The van der Waals surface area contributed by atoms with E-state index in [1.54, 1.807) is 66.6 Å². The van der Waals surface area contributed by atoms with E-state index in [9.17, 15) is 14.7 Å². The molecule has 1 aliphatic rings. The molecule has 1 aromatic heterocycles. The molecular weight excluding hydrogens is 482 g/mol. The number of amides is 1. The molecule has 4 aromatic rings. The molecule has 3 aromatic carbocycles. The van der Waals surface area contributed by atoms with Crippen molar-refractivity contribution in [2.75, 3.05) is 18.6 Å². The number of aliphatic hydroxyl groups excluding tert-OH is 1. The van der Waals surface area contributed by atoms with Crippen LogP contribution in [0.2, 0.25) is 0 Å². The highest BCUT2D eigenvalue weighted by atomic mass is 16.5. The van der Waals surface area contributed by atoms with Crippen LogP contribution < -0.4 is 15.2 Å². The Morgan fingerprint density at radius 3 is 2.58 bits per heavy atom. The monoisotopic (exact) mass is 511 g/mol. The molecular formula is C30H29N3O5. The number of hydrogen-bond donors (Lipinski definition) is 2. The fourth-order valence-corrected chi connectivity index (χ4v) is 4.92. The van der Waals surface area contributed by atoms with Crippen molar-refractivity contribution in [3.8, 4) is 11.4 Å². The third kappa shape index (κ3) is 4.27. The number of benzene rings is 3. The molecule has 194 valence electrons. The Hall–Kier alpha value is -4.27. The molecule has 0 spiro atoms. The zero-order valence-electron chi connectivity index (χ0n) is 21.2. The Kier molecular flexibility index (Phi) is 6.84. The Bertz CT molecular complexity index is 1580. The maximum Gasteiger partial charge on any atom is 0.279 e. The van der Waals surface area contributed by atoms with Gasteiger partial charge >= 0.3 is 0 Å². The smallest absolute Gasteiger partial charge is 0.279 e. The highest BCUT2D eigenvalue weighted by Gasteiger charge is 2.52. The molecule has 5 rings (SSSR count). The first-order valence-electron chi connectivity index (χ1n) is 12.4. The average molecular weight is 512 g/mol. The third-order valence-electron chi connectivity index (χ3n) is 7.07. The Morgan fingerprint density at radius 1 is 1.08 bits per heavy atom. The summed E-state index contributed by atoms with van der Waals surface area (Å²) in [5, 5.41) is 26.5. The Labute approximate surface area is 220 Å². The predicted octanol–water partition coefficient (Wildman–Crippen LogP) is 3.70. The van der Waals surface area contributed by atoms with E-state index in [0.717, 1.165) is 10.9 Å². The van der Waals surface area contributed by atoms with E-state index in [2.05, 4.69) is 5.10 Å². The molecule has 2 N–H and O–H groups in total. The van der Waals surface area contributed by atoms with Gasteiger partial charge in [0.15, 0.2) is 5.60 Å². The molecule has 0 aliphatic carbocycles. The Morgan fingerprint density at radius 2 is 1.84 bits per heavy atom. The van der Waals surface area contributed by atoms with Crippen molar-refractivity contribution in [3.05, 3.63) is 107 Å². The van der Waals surface area contributed by atoms with Gasteiger partial charge in [0.2, 0.25) is 0 Å². The number of hydrogen-bond acceptors (Lipinski definition) is 6. The van der Waals surface area contributed by atoms with E-state index in [1.807, 2.05) is 30.3 Å². The van der Waals surface area contributed by atoms with Crippen LogP contribution in [-0.2, 0) is 16.9 Å². The van der Waals surface area contributed by atoms with Crippen molar-refractivity contribution in [1.29, 1.82) is 0 Å². The van der Waals surface area contributed by atoms with Gasteiger partial charge in [0, 0.05) is 23.5 Å². The number of aromatic nitrogens is 2. The molecule has 1 aliphatic heterocycles. The lowest BCUT2D eigenvalue weighted by Gasteiger charge is -2.27. The van der Waals surface area contributed by atoms with Crippen molar-refractivity contribution in [1.82, 2.24) is 9.78 Å². The first kappa shape index (κ1) is 25.4. The maximum atomic E-state index is 13.7. The first-order chi connectivity index (χ1) is 18.4. The van der Waals surface area contributed by atoms with Gasteiger partial charge in [-0.25, -0.2) is 0 Å². The van der Waals surface area contributed by atoms with Crippen molar-refractivity contribution < 1.29 is 19.7 Å². The van der Waals surface area contributed by atoms with Gasteiger partial charge in [-0.15, -0.1) is 0 Å². The SMILES string of the molecule is COc1ccc2c(c1)[C@](O)([C@@H](C)/C=C/CCO)C(=O)N2Cc1ccc(-n2ncc3ccccc3c2=O)cc1. The van der Waals surface area contributed by atoms with Crippen LogP contribution in [0.4, 0.5) is 5.69 Å². The van der Waals surface area contributed by atoms with Crippen LogP contribution in [-0.4, -0.2) is 39.6 Å². The number of rotatable bonds is 8. The highest BCUT2D eigenvalue weighted by Crippen LogP contribution is 2.47. The second-order valence-electron chi connectivity index (χ2n) is 9.39. The molecule has 0 radical (unpaired) electrons. The van der Waals surface area contributed by atoms with Crippen LogP contribution in [0.5, 0.6) is 5.75 Å². The van der Waals surface area contributed by atoms with Crippen LogP contribution in [0.25, 0.3) is 16.5 Å². The molecule has 2 heterocycles. The van der Waals surface area contributed by atoms with Gasteiger partial charge in [0.1, 0.15) is 5.75 Å². The average Bonchev–Trinajstić information content (AvgIpc) is 3.16. The summed E-state index contributed by atoms with van der Waals surface area (Å²) in [6.45, 7) is 2.00. The van der Waals surface area contributed by atoms with E-state index in [-0.39, 0.29) is 18.7 Å². The van der Waals surface area contributed by atoms with Crippen LogP contribution in [0, 0.1) is 5.92 Å². The minimum atomic E-state index is -1.78. The second kappa shape index (κ2) is 10.2. The molecule has 2 atom stereocenters. The van der Waals surface area contributed by atoms with Crippen LogP contribution in [0.15, 0.2) is 89.9 Å². The summed E-state index contributed by atoms with van der Waals surface area (Å²) in [5.74, 6) is -0.426. The maximum absolute atomic E-state index is 13.7. The first-order valence-corrected chi connectivity index (χ1v) is 12.4. The summed E-state index contributed by atoms with van der Waals surface area (Å²) in [6.07, 6.45) is 5.62. The van der Waals surface area contributed by atoms with Crippen LogP contribution in [0.1, 0.15) is 24.5 Å². The number of fused-ring (bicyclic) bond motifs is 2. The molecule has 8 heteroatoms. The second-order valence-corrected chi connectivity index (χ2v) is 9.39. The number of nitrogens with zero attached hydrogens (tertiary/aromatic N) is 3. The van der Waals surface area contributed by atoms with Crippen molar-refractivity contribution in [3.63, 3.8) is 0 Å². The molecule has 38 heavy (non-hydrogen) atoms. The Balaban J connectivity index is 1.46. The summed E-state index contributed by atoms with van der Waals surface area (Å²) in [5.41, 5.74) is 0.537. The van der Waals surface area contributed by atoms with Gasteiger partial charge < -0.3 is 19.8 Å². The number of ether oxygens (including phenoxy) is 1. The molecule has 0 fully saturated rings. The van der Waals surface area contributed by atoms with Crippen LogP contribution in [0.3, 0.4) is 0 Å². The van der Waals surface area contributed by atoms with Gasteiger partial charge in [-0.05, 0) is 48.4 Å². The molecule has 0 unspecified atom stereocenters. The van der Waals surface area contributed by atoms with E-state index in [4.69, 9.17) is 9.84 Å². The minimum absolute atomic E-state index is 0.0109. The predicted molar refractivity (Wildman–Crippen MR) is 145 cm³/mol. The van der Waals surface area contributed by atoms with E-state index in [0.29, 0.717) is 34.5 Å². The van der Waals surface area contributed by atoms with E-state index >= 15 is 0 Å². The summed E-state index contributed by atoms with van der Waals surface area (Å²) >= 11 is 0. The van der Waals surface area contributed by atoms with Gasteiger partial charge in [0.05, 0.1) is 36.6 Å². The minimum Gasteiger partial charge on any atom is -0.497 e. The molecule has 0 saturated carbocycles. The van der Waals surface area contributed by atoms with E-state index < -0.39 is 17.4 Å². The highest BCUT2D eigenvalue weighted by molar-refractivity contribution is 6.07. The van der Waals surface area contributed by atoms with Gasteiger partial charge in [-0.3, -0.25) is 9.59 Å². The van der Waals surface area contributed by atoms with Gasteiger partial charge in [0.25, 0.3) is 11.5 Å². The van der Waals surface area contributed by atoms with Crippen LogP contribution >= 0.6 is 0 Å². The fraction of sp³-hybridized carbons (Fsp3) is 0.233. The van der Waals surface area contributed by atoms with Crippen molar-refractivity contribution in [2.24, 2.45) is 5.92 Å². The van der Waals surface area contributed by atoms with Gasteiger partial charge in [-0.1, -0.05) is 49.4 Å². The van der Waals surface area contributed by atoms with Crippen molar-refractivity contribution >= 4 is 22.4 Å². The topological polar surface area (TPSA) is 105 Å². The lowest BCUT2D eigenvalue weighted by Crippen LogP contribution is -2.44. The number of carbonyl (C=O) groups is 1. The molecule has 0 bridgehead atoms. The quantitative estimate of drug-likeness (QED) is 0.350. The third-order valence-corrected chi connectivity index (χ3v) is 7.07. The molecule has 1 amide bonds. The van der Waals surface area contributed by atoms with Gasteiger partial charge in [-0.2, -0.15) is 9.78 Å². The number of methoxy groups -OCH3 is 1. The molecule has 8 nitrogen and oxygen atoms in total. The number of anilines is 1. The lowest BCUT2D eigenvalue weighted by atomic mass is 9.83. The summed E-state index contributed by atoms with van der Waals surface area (Å²) in [7, 11) is 1.54. The van der Waals surface area contributed by atoms with E-state index in [1.165, 1.54) is 11.8 Å². The molecule has 0 saturated heterocycles.